The first kappa shape index (κ1) is 23.6. The van der Waals surface area contributed by atoms with E-state index in [9.17, 15) is 9.18 Å². The van der Waals surface area contributed by atoms with Gasteiger partial charge in [0.1, 0.15) is 17.1 Å². The van der Waals surface area contributed by atoms with Crippen LogP contribution in [0.4, 0.5) is 10.1 Å². The van der Waals surface area contributed by atoms with E-state index in [0.717, 1.165) is 43.7 Å². The van der Waals surface area contributed by atoms with E-state index in [4.69, 9.17) is 4.52 Å². The van der Waals surface area contributed by atoms with Gasteiger partial charge in [0.2, 0.25) is 0 Å². The fraction of sp³-hybridized carbons (Fsp3) is 0.290. The number of amides is 1. The number of fused-ring (bicyclic) bond motifs is 2. The summed E-state index contributed by atoms with van der Waals surface area (Å²) >= 11 is 0. The summed E-state index contributed by atoms with van der Waals surface area (Å²) in [7, 11) is 0. The monoisotopic (exact) mass is 495 g/mol. The molecule has 3 heterocycles. The molecule has 0 saturated carbocycles. The number of carbonyl (C=O) groups is 1. The molecule has 2 aliphatic rings. The summed E-state index contributed by atoms with van der Waals surface area (Å²) in [6.07, 6.45) is 1.73. The van der Waals surface area contributed by atoms with Crippen LogP contribution in [-0.2, 0) is 12.0 Å². The van der Waals surface area contributed by atoms with Gasteiger partial charge in [-0.15, -0.1) is 0 Å². The average molecular weight is 496 g/mol. The molecule has 4 aromatic rings. The van der Waals surface area contributed by atoms with Gasteiger partial charge in [-0.05, 0) is 80.2 Å². The van der Waals surface area contributed by atoms with Crippen molar-refractivity contribution in [2.45, 2.75) is 38.6 Å². The van der Waals surface area contributed by atoms with Crippen LogP contribution >= 0.6 is 0 Å². The van der Waals surface area contributed by atoms with Gasteiger partial charge < -0.3 is 9.42 Å². The van der Waals surface area contributed by atoms with Crippen LogP contribution in [-0.4, -0.2) is 35.6 Å². The van der Waals surface area contributed by atoms with Gasteiger partial charge in [0.15, 0.2) is 0 Å². The van der Waals surface area contributed by atoms with Crippen molar-refractivity contribution >= 4 is 11.6 Å². The Kier molecular flexibility index (Phi) is 5.92. The van der Waals surface area contributed by atoms with Crippen LogP contribution in [0.25, 0.3) is 11.1 Å². The first-order valence-corrected chi connectivity index (χ1v) is 12.9. The molecule has 0 unspecified atom stereocenters. The minimum Gasteiger partial charge on any atom is -0.361 e. The lowest BCUT2D eigenvalue weighted by molar-refractivity contribution is 0.0973. The number of aromatic nitrogens is 1. The second-order valence-corrected chi connectivity index (χ2v) is 10.3. The van der Waals surface area contributed by atoms with Crippen molar-refractivity contribution < 1.29 is 13.7 Å². The van der Waals surface area contributed by atoms with Gasteiger partial charge >= 0.3 is 0 Å². The third kappa shape index (κ3) is 4.15. The molecule has 188 valence electrons. The number of carbonyl (C=O) groups excluding carboxylic acids is 1. The molecule has 5 nitrogen and oxygen atoms in total. The molecule has 3 aromatic carbocycles. The predicted octanol–water partition coefficient (Wildman–Crippen LogP) is 6.29. The van der Waals surface area contributed by atoms with Crippen LogP contribution in [0, 0.1) is 19.7 Å². The second-order valence-electron chi connectivity index (χ2n) is 10.3. The fourth-order valence-corrected chi connectivity index (χ4v) is 6.11. The van der Waals surface area contributed by atoms with Gasteiger partial charge in [-0.25, -0.2) is 4.39 Å². The number of aryl methyl sites for hydroxylation is 2. The van der Waals surface area contributed by atoms with E-state index in [1.165, 1.54) is 22.8 Å². The quantitative estimate of drug-likeness (QED) is 0.334. The van der Waals surface area contributed by atoms with Crippen LogP contribution in [0.1, 0.15) is 45.8 Å². The number of hydrogen-bond acceptors (Lipinski definition) is 4. The van der Waals surface area contributed by atoms with Crippen molar-refractivity contribution in [3.8, 4) is 11.1 Å². The first-order chi connectivity index (χ1) is 17.9. The number of piperidine rings is 1. The summed E-state index contributed by atoms with van der Waals surface area (Å²) in [5.41, 5.74) is 6.35. The van der Waals surface area contributed by atoms with Gasteiger partial charge in [0, 0.05) is 24.2 Å². The molecule has 0 radical (unpaired) electrons. The molecular formula is C31H30FN3O2. The summed E-state index contributed by atoms with van der Waals surface area (Å²) in [5, 5.41) is 3.97. The average Bonchev–Trinajstić information content (AvgIpc) is 3.42. The third-order valence-corrected chi connectivity index (χ3v) is 8.08. The topological polar surface area (TPSA) is 49.6 Å². The number of rotatable bonds is 4. The van der Waals surface area contributed by atoms with Crippen molar-refractivity contribution in [1.82, 2.24) is 10.1 Å². The molecule has 0 aliphatic carbocycles. The van der Waals surface area contributed by atoms with Crippen molar-refractivity contribution in [3.05, 3.63) is 107 Å². The van der Waals surface area contributed by atoms with E-state index in [1.54, 1.807) is 26.0 Å². The van der Waals surface area contributed by atoms with E-state index >= 15 is 0 Å². The van der Waals surface area contributed by atoms with Crippen LogP contribution in [0.3, 0.4) is 0 Å². The number of halogens is 1. The van der Waals surface area contributed by atoms with Gasteiger partial charge in [-0.1, -0.05) is 59.8 Å². The zero-order chi connectivity index (χ0) is 25.6. The molecule has 6 rings (SSSR count). The van der Waals surface area contributed by atoms with E-state index in [1.807, 2.05) is 11.0 Å². The number of hydrogen-bond donors (Lipinski definition) is 0. The lowest BCUT2D eigenvalue weighted by Gasteiger charge is -2.40. The Morgan fingerprint density at radius 3 is 2.46 bits per heavy atom. The van der Waals surface area contributed by atoms with E-state index in [-0.39, 0.29) is 17.1 Å². The van der Waals surface area contributed by atoms with E-state index in [0.29, 0.717) is 23.6 Å². The van der Waals surface area contributed by atoms with Crippen LogP contribution in [0.2, 0.25) is 0 Å². The lowest BCUT2D eigenvalue weighted by Crippen LogP contribution is -2.46. The summed E-state index contributed by atoms with van der Waals surface area (Å²) in [6, 6.07) is 23.9. The highest BCUT2D eigenvalue weighted by molar-refractivity contribution is 6.09. The summed E-state index contributed by atoms with van der Waals surface area (Å²) in [4.78, 5) is 17.9. The number of nitrogens with zero attached hydrogens (tertiary/aromatic N) is 3. The fourth-order valence-electron chi connectivity index (χ4n) is 6.11. The Bertz CT molecular complexity index is 1440. The maximum Gasteiger partial charge on any atom is 0.263 e. The van der Waals surface area contributed by atoms with Gasteiger partial charge in [-0.2, -0.15) is 0 Å². The molecular weight excluding hydrogens is 465 g/mol. The van der Waals surface area contributed by atoms with Crippen LogP contribution in [0.5, 0.6) is 0 Å². The Hall–Kier alpha value is -3.77. The second kappa shape index (κ2) is 9.27. The van der Waals surface area contributed by atoms with Crippen molar-refractivity contribution in [2.24, 2.45) is 0 Å². The number of benzene rings is 3. The van der Waals surface area contributed by atoms with E-state index < -0.39 is 0 Å². The van der Waals surface area contributed by atoms with Crippen LogP contribution < -0.4 is 4.90 Å². The zero-order valence-corrected chi connectivity index (χ0v) is 21.2. The summed E-state index contributed by atoms with van der Waals surface area (Å²) in [5.74, 6) is 0.128. The standard InChI is InChI=1S/C31H30FN3O2/c1-21-29(22(2)37-33-21)30(36)35-20-31(27-18-25(32)12-13-28(27)35)14-16-34(17-15-31)19-24-10-6-7-11-26(24)23-8-4-3-5-9-23/h3-13,18H,14-17,19-20H2,1-2H3. The molecule has 37 heavy (non-hydrogen) atoms. The summed E-state index contributed by atoms with van der Waals surface area (Å²) < 4.78 is 19.7. The third-order valence-electron chi connectivity index (χ3n) is 8.08. The SMILES string of the molecule is Cc1noc(C)c1C(=O)N1CC2(CCN(Cc3ccccc3-c3ccccc3)CC2)c2cc(F)ccc21. The molecule has 1 saturated heterocycles. The van der Waals surface area contributed by atoms with Gasteiger partial charge in [0.25, 0.3) is 5.91 Å². The molecule has 2 aliphatic heterocycles. The Labute approximate surface area is 216 Å². The largest absolute Gasteiger partial charge is 0.361 e. The number of likely N-dealkylation sites (tertiary alicyclic amines) is 1. The van der Waals surface area contributed by atoms with Crippen LogP contribution in [0.15, 0.2) is 77.3 Å². The van der Waals surface area contributed by atoms with Gasteiger partial charge in [-0.3, -0.25) is 9.69 Å². The minimum absolute atomic E-state index is 0.125. The Balaban J connectivity index is 1.25. The lowest BCUT2D eigenvalue weighted by atomic mass is 9.74. The maximum atomic E-state index is 14.5. The molecule has 1 aromatic heterocycles. The first-order valence-electron chi connectivity index (χ1n) is 12.9. The number of anilines is 1. The van der Waals surface area contributed by atoms with E-state index in [2.05, 4.69) is 58.6 Å². The molecule has 6 heteroatoms. The smallest absolute Gasteiger partial charge is 0.263 e. The molecule has 0 bridgehead atoms. The zero-order valence-electron chi connectivity index (χ0n) is 21.2. The molecule has 1 spiro atoms. The van der Waals surface area contributed by atoms with Gasteiger partial charge in [0.05, 0.1) is 5.69 Å². The summed E-state index contributed by atoms with van der Waals surface area (Å²) in [6.45, 7) is 6.71. The van der Waals surface area contributed by atoms with Crippen molar-refractivity contribution in [3.63, 3.8) is 0 Å². The highest BCUT2D eigenvalue weighted by Gasteiger charge is 2.47. The normalized spacial score (nSPS) is 16.8. The highest BCUT2D eigenvalue weighted by Crippen LogP contribution is 2.48. The molecule has 1 fully saturated rings. The molecule has 0 atom stereocenters. The van der Waals surface area contributed by atoms with Crippen molar-refractivity contribution in [1.29, 1.82) is 0 Å². The Morgan fingerprint density at radius 2 is 1.73 bits per heavy atom. The molecule has 0 N–H and O–H groups in total. The minimum atomic E-state index is -0.262. The maximum absolute atomic E-state index is 14.5. The van der Waals surface area contributed by atoms with Crippen molar-refractivity contribution in [2.75, 3.05) is 24.5 Å². The predicted molar refractivity (Wildman–Crippen MR) is 142 cm³/mol. The highest BCUT2D eigenvalue weighted by atomic mass is 19.1. The Morgan fingerprint density at radius 1 is 1.00 bits per heavy atom. The molecule has 1 amide bonds.